The Kier molecular flexibility index (Phi) is 7.34. The number of hydrogen-bond acceptors (Lipinski definition) is 6. The van der Waals surface area contributed by atoms with E-state index in [1.54, 1.807) is 19.8 Å². The van der Waals surface area contributed by atoms with E-state index in [9.17, 15) is 9.90 Å². The van der Waals surface area contributed by atoms with E-state index in [0.29, 0.717) is 36.9 Å². The van der Waals surface area contributed by atoms with E-state index in [0.717, 1.165) is 18.5 Å². The van der Waals surface area contributed by atoms with Crippen molar-refractivity contribution in [2.24, 2.45) is 23.2 Å². The normalized spacial score (nSPS) is 31.0. The molecule has 5 atom stereocenters. The first kappa shape index (κ1) is 24.1. The molecule has 1 N–H and O–H groups in total. The van der Waals surface area contributed by atoms with Gasteiger partial charge in [0.25, 0.3) is 0 Å². The largest absolute Gasteiger partial charge is 0.493 e. The van der Waals surface area contributed by atoms with Gasteiger partial charge in [0.2, 0.25) is 0 Å². The van der Waals surface area contributed by atoms with Crippen LogP contribution in [-0.4, -0.2) is 56.0 Å². The number of aliphatic hydroxyl groups excluding tert-OH is 1. The number of fused-ring (bicyclic) bond motifs is 2. The molecule has 0 bridgehead atoms. The molecule has 6 heteroatoms. The van der Waals surface area contributed by atoms with Crippen molar-refractivity contribution in [3.8, 4) is 11.5 Å². The fourth-order valence-electron chi connectivity index (χ4n) is 6.30. The molecule has 0 spiro atoms. The van der Waals surface area contributed by atoms with Crippen LogP contribution in [0.3, 0.4) is 0 Å². The van der Waals surface area contributed by atoms with Crippen LogP contribution < -0.4 is 9.47 Å². The summed E-state index contributed by atoms with van der Waals surface area (Å²) < 4.78 is 16.8. The summed E-state index contributed by atoms with van der Waals surface area (Å²) in [4.78, 5) is 15.3. The topological polar surface area (TPSA) is 68.2 Å². The van der Waals surface area contributed by atoms with E-state index in [-0.39, 0.29) is 35.9 Å². The Balaban J connectivity index is 1.54. The van der Waals surface area contributed by atoms with Crippen molar-refractivity contribution in [3.63, 3.8) is 0 Å². The van der Waals surface area contributed by atoms with Crippen LogP contribution in [0.25, 0.3) is 0 Å². The molecule has 1 heterocycles. The van der Waals surface area contributed by atoms with Crippen LogP contribution in [0, 0.1) is 23.2 Å². The highest BCUT2D eigenvalue weighted by atomic mass is 16.6. The first-order chi connectivity index (χ1) is 15.9. The highest BCUT2D eigenvalue weighted by Gasteiger charge is 2.51. The number of ether oxygens (including phenoxy) is 3. The zero-order valence-electron chi connectivity index (χ0n) is 20.5. The molecule has 182 valence electrons. The Hall–Kier alpha value is -2.05. The van der Waals surface area contributed by atoms with Gasteiger partial charge in [-0.1, -0.05) is 38.0 Å². The molecule has 2 aliphatic carbocycles. The molecule has 3 aliphatic rings. The van der Waals surface area contributed by atoms with Gasteiger partial charge in [0.05, 0.1) is 20.1 Å². The second kappa shape index (κ2) is 10.1. The summed E-state index contributed by atoms with van der Waals surface area (Å²) in [5.74, 6) is 1.88. The summed E-state index contributed by atoms with van der Waals surface area (Å²) in [7, 11) is 3.26. The Labute approximate surface area is 197 Å². The standard InChI is InChI=1S/C27H39NO5/c1-18-7-5-10-27(2)15-25-20(14-22(18)27)21(26(30)33-25)17-28(11-6-12-29)16-19-8-9-23(31-3)24(13-19)32-4/h8-9,13-14,18,20-21,25,29H,5-7,10-12,15-17H2,1-4H3/t18-,20+,21-,25+,27+/m0/s1. The van der Waals surface area contributed by atoms with Gasteiger partial charge >= 0.3 is 5.97 Å². The highest BCUT2D eigenvalue weighted by Crippen LogP contribution is 2.54. The number of hydrogen-bond donors (Lipinski definition) is 1. The zero-order chi connectivity index (χ0) is 23.6. The van der Waals surface area contributed by atoms with Crippen molar-refractivity contribution >= 4 is 5.97 Å². The Morgan fingerprint density at radius 2 is 2.03 bits per heavy atom. The van der Waals surface area contributed by atoms with Crippen molar-refractivity contribution in [2.75, 3.05) is 33.9 Å². The Morgan fingerprint density at radius 1 is 1.24 bits per heavy atom. The molecule has 0 unspecified atom stereocenters. The number of nitrogens with zero attached hydrogens (tertiary/aromatic N) is 1. The van der Waals surface area contributed by atoms with Gasteiger partial charge in [-0.25, -0.2) is 0 Å². The third-order valence-electron chi connectivity index (χ3n) is 8.02. The minimum atomic E-state index is -0.167. The van der Waals surface area contributed by atoms with Crippen molar-refractivity contribution in [1.29, 1.82) is 0 Å². The lowest BCUT2D eigenvalue weighted by atomic mass is 9.59. The number of methoxy groups -OCH3 is 2. The van der Waals surface area contributed by atoms with Gasteiger partial charge in [-0.2, -0.15) is 0 Å². The lowest BCUT2D eigenvalue weighted by Crippen LogP contribution is -2.41. The molecule has 33 heavy (non-hydrogen) atoms. The van der Waals surface area contributed by atoms with Crippen LogP contribution in [0.2, 0.25) is 0 Å². The quantitative estimate of drug-likeness (QED) is 0.443. The monoisotopic (exact) mass is 457 g/mol. The van der Waals surface area contributed by atoms with Crippen molar-refractivity contribution in [3.05, 3.63) is 35.4 Å². The zero-order valence-corrected chi connectivity index (χ0v) is 20.5. The molecule has 0 amide bonds. The molecule has 4 rings (SSSR count). The SMILES string of the molecule is COc1ccc(CN(CCCO)C[C@@H]2C(=O)O[C@@H]3C[C@@]4(C)CCC[C@H](C)C4=C[C@H]23)cc1OC. The molecular weight excluding hydrogens is 418 g/mol. The summed E-state index contributed by atoms with van der Waals surface area (Å²) in [5.41, 5.74) is 2.80. The van der Waals surface area contributed by atoms with Gasteiger partial charge < -0.3 is 19.3 Å². The van der Waals surface area contributed by atoms with Gasteiger partial charge in [0.15, 0.2) is 11.5 Å². The molecule has 1 saturated heterocycles. The number of esters is 1. The first-order valence-corrected chi connectivity index (χ1v) is 12.4. The first-order valence-electron chi connectivity index (χ1n) is 12.4. The number of rotatable bonds is 9. The number of benzene rings is 1. The van der Waals surface area contributed by atoms with Crippen LogP contribution in [0.15, 0.2) is 29.8 Å². The minimum Gasteiger partial charge on any atom is -0.493 e. The molecule has 1 aliphatic heterocycles. The van der Waals surface area contributed by atoms with Gasteiger partial charge in [0.1, 0.15) is 6.10 Å². The Morgan fingerprint density at radius 3 is 2.76 bits per heavy atom. The lowest BCUT2D eigenvalue weighted by Gasteiger charge is -2.46. The minimum absolute atomic E-state index is 0.0117. The van der Waals surface area contributed by atoms with Crippen LogP contribution in [0.1, 0.15) is 51.5 Å². The fourth-order valence-corrected chi connectivity index (χ4v) is 6.30. The third kappa shape index (κ3) is 4.92. The van der Waals surface area contributed by atoms with E-state index in [4.69, 9.17) is 14.2 Å². The molecule has 2 fully saturated rings. The van der Waals surface area contributed by atoms with E-state index < -0.39 is 0 Å². The van der Waals surface area contributed by atoms with Crippen molar-refractivity contribution in [1.82, 2.24) is 4.90 Å². The average molecular weight is 458 g/mol. The molecule has 1 saturated carbocycles. The molecule has 6 nitrogen and oxygen atoms in total. The molecule has 0 aromatic heterocycles. The number of carbonyl (C=O) groups is 1. The van der Waals surface area contributed by atoms with Crippen LogP contribution in [0.5, 0.6) is 11.5 Å². The summed E-state index contributed by atoms with van der Waals surface area (Å²) in [6.07, 6.45) is 7.69. The lowest BCUT2D eigenvalue weighted by molar-refractivity contribution is -0.145. The smallest absolute Gasteiger partial charge is 0.311 e. The van der Waals surface area contributed by atoms with Crippen LogP contribution in [0.4, 0.5) is 0 Å². The van der Waals surface area contributed by atoms with Crippen molar-refractivity contribution < 1.29 is 24.1 Å². The second-order valence-corrected chi connectivity index (χ2v) is 10.3. The number of aliphatic hydroxyl groups is 1. The summed E-state index contributed by atoms with van der Waals surface area (Å²) in [5, 5.41) is 9.45. The van der Waals surface area contributed by atoms with Crippen LogP contribution in [-0.2, 0) is 16.1 Å². The Bertz CT molecular complexity index is 883. The predicted octanol–water partition coefficient (Wildman–Crippen LogP) is 4.20. The van der Waals surface area contributed by atoms with Gasteiger partial charge in [-0.15, -0.1) is 0 Å². The number of allylic oxidation sites excluding steroid dienone is 1. The molecule has 1 aromatic carbocycles. The average Bonchev–Trinajstić information content (AvgIpc) is 3.09. The summed E-state index contributed by atoms with van der Waals surface area (Å²) >= 11 is 0. The van der Waals surface area contributed by atoms with Gasteiger partial charge in [-0.05, 0) is 54.7 Å². The van der Waals surface area contributed by atoms with E-state index in [1.807, 2.05) is 18.2 Å². The predicted molar refractivity (Wildman–Crippen MR) is 127 cm³/mol. The maximum atomic E-state index is 13.0. The maximum Gasteiger partial charge on any atom is 0.311 e. The van der Waals surface area contributed by atoms with Gasteiger partial charge in [-0.3, -0.25) is 9.69 Å². The van der Waals surface area contributed by atoms with E-state index in [2.05, 4.69) is 24.8 Å². The molecule has 0 radical (unpaired) electrons. The summed E-state index contributed by atoms with van der Waals surface area (Å²) in [6.45, 7) is 6.84. The van der Waals surface area contributed by atoms with E-state index in [1.165, 1.54) is 19.3 Å². The summed E-state index contributed by atoms with van der Waals surface area (Å²) in [6, 6.07) is 5.92. The fraction of sp³-hybridized carbons (Fsp3) is 0.667. The highest BCUT2D eigenvalue weighted by molar-refractivity contribution is 5.76. The molecule has 1 aromatic rings. The van der Waals surface area contributed by atoms with Gasteiger partial charge in [0, 0.05) is 32.2 Å². The number of carbonyl (C=O) groups excluding carboxylic acids is 1. The maximum absolute atomic E-state index is 13.0. The van der Waals surface area contributed by atoms with E-state index >= 15 is 0 Å². The molecular formula is C27H39NO5. The van der Waals surface area contributed by atoms with Crippen LogP contribution >= 0.6 is 0 Å². The third-order valence-corrected chi connectivity index (χ3v) is 8.02. The second-order valence-electron chi connectivity index (χ2n) is 10.3. The van der Waals surface area contributed by atoms with Crippen molar-refractivity contribution in [2.45, 2.75) is 58.6 Å².